The summed E-state index contributed by atoms with van der Waals surface area (Å²) in [5, 5.41) is 70.5. The lowest BCUT2D eigenvalue weighted by atomic mass is 9.96. The molecule has 2 saturated heterocycles. The summed E-state index contributed by atoms with van der Waals surface area (Å²) in [7, 11) is 0. The lowest BCUT2D eigenvalue weighted by Gasteiger charge is -2.46. The molecule has 2 heterocycles. The lowest BCUT2D eigenvalue weighted by Crippen LogP contribution is -2.65. The third-order valence-electron chi connectivity index (χ3n) is 5.76. The largest absolute Gasteiger partial charge is 0.394 e. The van der Waals surface area contributed by atoms with Crippen molar-refractivity contribution in [2.75, 3.05) is 13.2 Å². The molecule has 0 aromatic heterocycles. The number of hydrogen-bond acceptors (Lipinski definition) is 11. The van der Waals surface area contributed by atoms with Crippen molar-refractivity contribution >= 4 is 0 Å². The average molecular weight is 469 g/mol. The van der Waals surface area contributed by atoms with Crippen LogP contribution in [0, 0.1) is 11.8 Å². The standard InChI is InChI=1S/C21H40O11/c1-9(2)5-11(6-10(3)4)29-20-18(28)16(26)19(13(8-23)31-20)32-21-17(27)15(25)14(24)12(7-22)30-21/h9-28H,5-8H2,1-4H3/t12?,13?,14-,15+,16-,17?,18?,19-,20-,21-/m1/s1. The molecule has 0 aromatic rings. The fraction of sp³-hybridized carbons (Fsp3) is 1.00. The van der Waals surface area contributed by atoms with Crippen molar-refractivity contribution in [1.29, 1.82) is 0 Å². The van der Waals surface area contributed by atoms with Crippen LogP contribution in [0.5, 0.6) is 0 Å². The molecule has 0 saturated carbocycles. The zero-order valence-corrected chi connectivity index (χ0v) is 19.1. The van der Waals surface area contributed by atoms with Crippen molar-refractivity contribution in [1.82, 2.24) is 0 Å². The molecule has 2 rings (SSSR count). The average Bonchev–Trinajstić information content (AvgIpc) is 2.72. The fourth-order valence-corrected chi connectivity index (χ4v) is 4.12. The Balaban J connectivity index is 2.11. The molecule has 2 aliphatic heterocycles. The van der Waals surface area contributed by atoms with Gasteiger partial charge in [-0.15, -0.1) is 0 Å². The van der Waals surface area contributed by atoms with Gasteiger partial charge in [0.15, 0.2) is 12.6 Å². The molecule has 190 valence electrons. The monoisotopic (exact) mass is 468 g/mol. The third kappa shape index (κ3) is 6.80. The van der Waals surface area contributed by atoms with Crippen molar-refractivity contribution in [3.05, 3.63) is 0 Å². The van der Waals surface area contributed by atoms with Gasteiger partial charge in [0.25, 0.3) is 0 Å². The summed E-state index contributed by atoms with van der Waals surface area (Å²) in [6.07, 6.45) is -13.3. The van der Waals surface area contributed by atoms with E-state index in [-0.39, 0.29) is 6.10 Å². The van der Waals surface area contributed by atoms with Gasteiger partial charge in [0.05, 0.1) is 19.3 Å². The molecule has 0 aliphatic carbocycles. The quantitative estimate of drug-likeness (QED) is 0.190. The normalized spacial score (nSPS) is 41.1. The third-order valence-corrected chi connectivity index (χ3v) is 5.76. The second-order valence-corrected chi connectivity index (χ2v) is 9.52. The molecule has 0 aromatic carbocycles. The van der Waals surface area contributed by atoms with Crippen LogP contribution < -0.4 is 0 Å². The molecule has 0 bridgehead atoms. The van der Waals surface area contributed by atoms with Gasteiger partial charge in [-0.05, 0) is 24.7 Å². The van der Waals surface area contributed by atoms with E-state index in [1.165, 1.54) is 0 Å². The van der Waals surface area contributed by atoms with Crippen molar-refractivity contribution in [2.24, 2.45) is 11.8 Å². The molecule has 0 radical (unpaired) electrons. The first-order valence-corrected chi connectivity index (χ1v) is 11.2. The van der Waals surface area contributed by atoms with Crippen LogP contribution in [0.4, 0.5) is 0 Å². The van der Waals surface area contributed by atoms with Gasteiger partial charge >= 0.3 is 0 Å². The Hall–Kier alpha value is -0.440. The highest BCUT2D eigenvalue weighted by Crippen LogP contribution is 2.31. The van der Waals surface area contributed by atoms with E-state index in [4.69, 9.17) is 18.9 Å². The van der Waals surface area contributed by atoms with Gasteiger partial charge in [0.1, 0.15) is 48.8 Å². The molecular weight excluding hydrogens is 428 g/mol. The predicted molar refractivity (Wildman–Crippen MR) is 110 cm³/mol. The van der Waals surface area contributed by atoms with E-state index in [9.17, 15) is 35.7 Å². The van der Waals surface area contributed by atoms with Gasteiger partial charge in [0, 0.05) is 0 Å². The number of aliphatic hydroxyl groups is 7. The Kier molecular flexibility index (Phi) is 10.7. The Morgan fingerprint density at radius 2 is 1.16 bits per heavy atom. The van der Waals surface area contributed by atoms with Crippen LogP contribution in [0.15, 0.2) is 0 Å². The lowest BCUT2D eigenvalue weighted by molar-refractivity contribution is -0.363. The van der Waals surface area contributed by atoms with Gasteiger partial charge in [-0.25, -0.2) is 0 Å². The SMILES string of the molecule is CC(C)CC(CC(C)C)O[C@@H]1OC(CO)[C@@H](O[C@H]2OC(CO)[C@@H](O)[C@H](O)C2O)[C@H](O)C1O. The van der Waals surface area contributed by atoms with E-state index in [1.807, 2.05) is 27.7 Å². The van der Waals surface area contributed by atoms with Crippen LogP contribution in [0.25, 0.3) is 0 Å². The summed E-state index contributed by atoms with van der Waals surface area (Å²) in [6, 6.07) is 0. The molecule has 10 atom stereocenters. The topological polar surface area (TPSA) is 179 Å². The Bertz CT molecular complexity index is 534. The van der Waals surface area contributed by atoms with Crippen molar-refractivity contribution in [2.45, 2.75) is 108 Å². The van der Waals surface area contributed by atoms with Crippen LogP contribution in [0.3, 0.4) is 0 Å². The first kappa shape index (κ1) is 27.8. The van der Waals surface area contributed by atoms with Gasteiger partial charge in [-0.2, -0.15) is 0 Å². The maximum absolute atomic E-state index is 10.7. The molecule has 11 heteroatoms. The molecule has 2 fully saturated rings. The number of hydrogen-bond donors (Lipinski definition) is 7. The minimum absolute atomic E-state index is 0.232. The predicted octanol–water partition coefficient (Wildman–Crippen LogP) is -1.91. The van der Waals surface area contributed by atoms with E-state index in [1.54, 1.807) is 0 Å². The van der Waals surface area contributed by atoms with Crippen LogP contribution >= 0.6 is 0 Å². The van der Waals surface area contributed by atoms with Crippen molar-refractivity contribution in [3.63, 3.8) is 0 Å². The second-order valence-electron chi connectivity index (χ2n) is 9.52. The van der Waals surface area contributed by atoms with Crippen molar-refractivity contribution < 1.29 is 54.7 Å². The molecule has 32 heavy (non-hydrogen) atoms. The summed E-state index contributed by atoms with van der Waals surface area (Å²) in [6.45, 7) is 6.94. The van der Waals surface area contributed by atoms with Gasteiger partial charge in [0.2, 0.25) is 0 Å². The van der Waals surface area contributed by atoms with Crippen LogP contribution in [-0.2, 0) is 18.9 Å². The van der Waals surface area contributed by atoms with Gasteiger partial charge in [-0.1, -0.05) is 27.7 Å². The second kappa shape index (κ2) is 12.3. The molecule has 0 spiro atoms. The highest BCUT2D eigenvalue weighted by atomic mass is 16.7. The van der Waals surface area contributed by atoms with Crippen LogP contribution in [0.1, 0.15) is 40.5 Å². The first-order valence-electron chi connectivity index (χ1n) is 11.2. The highest BCUT2D eigenvalue weighted by Gasteiger charge is 2.51. The van der Waals surface area contributed by atoms with Crippen molar-refractivity contribution in [3.8, 4) is 0 Å². The van der Waals surface area contributed by atoms with Crippen LogP contribution in [-0.4, -0.2) is 116 Å². The number of ether oxygens (including phenoxy) is 4. The Labute approximate surface area is 188 Å². The molecule has 0 amide bonds. The van der Waals surface area contributed by atoms with E-state index < -0.39 is 74.6 Å². The van der Waals surface area contributed by atoms with Gasteiger partial charge < -0.3 is 54.7 Å². The number of aliphatic hydroxyl groups excluding tert-OH is 7. The fourth-order valence-electron chi connectivity index (χ4n) is 4.12. The molecule has 2 aliphatic rings. The zero-order valence-electron chi connectivity index (χ0n) is 19.1. The van der Waals surface area contributed by atoms with E-state index in [0.29, 0.717) is 11.8 Å². The Morgan fingerprint density at radius 3 is 1.66 bits per heavy atom. The molecule has 7 N–H and O–H groups in total. The summed E-state index contributed by atoms with van der Waals surface area (Å²) in [5.74, 6) is 0.667. The summed E-state index contributed by atoms with van der Waals surface area (Å²) >= 11 is 0. The maximum atomic E-state index is 10.7. The molecular formula is C21H40O11. The molecule has 11 nitrogen and oxygen atoms in total. The van der Waals surface area contributed by atoms with E-state index in [0.717, 1.165) is 12.8 Å². The summed E-state index contributed by atoms with van der Waals surface area (Å²) in [5.41, 5.74) is 0. The number of rotatable bonds is 10. The van der Waals surface area contributed by atoms with E-state index in [2.05, 4.69) is 0 Å². The minimum Gasteiger partial charge on any atom is -0.394 e. The summed E-state index contributed by atoms with van der Waals surface area (Å²) < 4.78 is 22.5. The minimum atomic E-state index is -1.70. The summed E-state index contributed by atoms with van der Waals surface area (Å²) in [4.78, 5) is 0. The van der Waals surface area contributed by atoms with E-state index >= 15 is 0 Å². The van der Waals surface area contributed by atoms with Gasteiger partial charge in [-0.3, -0.25) is 0 Å². The molecule has 4 unspecified atom stereocenters. The van der Waals surface area contributed by atoms with Crippen LogP contribution in [0.2, 0.25) is 0 Å². The zero-order chi connectivity index (χ0) is 24.2. The highest BCUT2D eigenvalue weighted by molar-refractivity contribution is 4.94. The smallest absolute Gasteiger partial charge is 0.187 e. The maximum Gasteiger partial charge on any atom is 0.187 e. The Morgan fingerprint density at radius 1 is 0.656 bits per heavy atom. The first-order chi connectivity index (χ1) is 15.0.